The monoisotopic (exact) mass is 369 g/mol. The maximum absolute atomic E-state index is 5.93. The van der Waals surface area contributed by atoms with Crippen LogP contribution in [0.3, 0.4) is 0 Å². The fourth-order valence-electron chi connectivity index (χ4n) is 3.02. The lowest BCUT2D eigenvalue weighted by Gasteiger charge is -2.28. The molecule has 3 rings (SSSR count). The van der Waals surface area contributed by atoms with E-state index in [0.717, 1.165) is 35.2 Å². The molecule has 144 valence electrons. The van der Waals surface area contributed by atoms with E-state index in [2.05, 4.69) is 21.7 Å². The van der Waals surface area contributed by atoms with Crippen molar-refractivity contribution in [1.29, 1.82) is 0 Å². The smallest absolute Gasteiger partial charge is 0.191 e. The van der Waals surface area contributed by atoms with Crippen molar-refractivity contribution in [1.82, 2.24) is 10.6 Å². The Morgan fingerprint density at radius 3 is 2.67 bits per heavy atom. The van der Waals surface area contributed by atoms with Crippen molar-refractivity contribution >= 4 is 5.96 Å². The Labute approximate surface area is 160 Å². The third-order valence-electron chi connectivity index (χ3n) is 4.45. The van der Waals surface area contributed by atoms with Crippen LogP contribution in [0.15, 0.2) is 53.5 Å². The molecule has 0 saturated carbocycles. The molecule has 2 aromatic rings. The number of guanidine groups is 1. The second-order valence-corrected chi connectivity index (χ2v) is 6.43. The van der Waals surface area contributed by atoms with Gasteiger partial charge in [-0.25, -0.2) is 0 Å². The number of aliphatic imine (C=N–C) groups is 1. The minimum Gasteiger partial charge on any atom is -0.497 e. The predicted molar refractivity (Wildman–Crippen MR) is 107 cm³/mol. The number of nitrogens with zero attached hydrogens (tertiary/aromatic N) is 1. The summed E-state index contributed by atoms with van der Waals surface area (Å²) in [5.41, 5.74) is 1.16. The van der Waals surface area contributed by atoms with Crippen LogP contribution in [0.25, 0.3) is 0 Å². The van der Waals surface area contributed by atoms with Gasteiger partial charge in [-0.05, 0) is 37.3 Å². The van der Waals surface area contributed by atoms with E-state index in [1.165, 1.54) is 0 Å². The number of hydrogen-bond donors (Lipinski definition) is 2. The second kappa shape index (κ2) is 9.16. The minimum atomic E-state index is -0.0149. The number of hydrogen-bond acceptors (Lipinski definition) is 4. The number of rotatable bonds is 6. The lowest BCUT2D eigenvalue weighted by molar-refractivity contribution is 0.223. The number of fused-ring (bicyclic) bond motifs is 1. The zero-order valence-corrected chi connectivity index (χ0v) is 16.1. The Morgan fingerprint density at radius 1 is 1.19 bits per heavy atom. The molecule has 1 aliphatic heterocycles. The van der Waals surface area contributed by atoms with Gasteiger partial charge in [-0.2, -0.15) is 0 Å². The van der Waals surface area contributed by atoms with Gasteiger partial charge in [-0.1, -0.05) is 18.2 Å². The van der Waals surface area contributed by atoms with Crippen LogP contribution in [0.5, 0.6) is 17.2 Å². The number of nitrogens with one attached hydrogen (secondary N) is 2. The highest BCUT2D eigenvalue weighted by Crippen LogP contribution is 2.31. The van der Waals surface area contributed by atoms with Crippen molar-refractivity contribution in [3.63, 3.8) is 0 Å². The summed E-state index contributed by atoms with van der Waals surface area (Å²) in [6.45, 7) is 3.35. The van der Waals surface area contributed by atoms with Gasteiger partial charge >= 0.3 is 0 Å². The van der Waals surface area contributed by atoms with Crippen LogP contribution in [-0.2, 0) is 0 Å². The van der Waals surface area contributed by atoms with E-state index in [4.69, 9.17) is 14.2 Å². The van der Waals surface area contributed by atoms with Crippen LogP contribution in [0.1, 0.15) is 24.9 Å². The summed E-state index contributed by atoms with van der Waals surface area (Å²) in [4.78, 5) is 4.34. The van der Waals surface area contributed by atoms with E-state index in [9.17, 15) is 0 Å². The average molecular weight is 369 g/mol. The minimum absolute atomic E-state index is 0.0149. The van der Waals surface area contributed by atoms with Gasteiger partial charge < -0.3 is 24.8 Å². The fraction of sp³-hybridized carbons (Fsp3) is 0.381. The van der Waals surface area contributed by atoms with Crippen LogP contribution in [-0.4, -0.2) is 39.4 Å². The molecule has 1 heterocycles. The molecule has 1 aliphatic rings. The second-order valence-electron chi connectivity index (χ2n) is 6.43. The van der Waals surface area contributed by atoms with Gasteiger partial charge in [0.25, 0.3) is 0 Å². The highest BCUT2D eigenvalue weighted by atomic mass is 16.5. The number of methoxy groups -OCH3 is 1. The lowest BCUT2D eigenvalue weighted by Crippen LogP contribution is -2.44. The predicted octanol–water partition coefficient (Wildman–Crippen LogP) is 3.15. The molecular formula is C21H27N3O3. The number of para-hydroxylation sites is 1. The van der Waals surface area contributed by atoms with E-state index in [-0.39, 0.29) is 12.1 Å². The van der Waals surface area contributed by atoms with Gasteiger partial charge in [-0.3, -0.25) is 4.99 Å². The first kappa shape index (κ1) is 18.9. The molecule has 27 heavy (non-hydrogen) atoms. The van der Waals surface area contributed by atoms with Crippen LogP contribution in [0, 0.1) is 0 Å². The van der Waals surface area contributed by atoms with Gasteiger partial charge in [-0.15, -0.1) is 0 Å². The Hall–Kier alpha value is -2.89. The summed E-state index contributed by atoms with van der Waals surface area (Å²) in [5, 5.41) is 6.82. The van der Waals surface area contributed by atoms with E-state index in [1.807, 2.05) is 49.4 Å². The molecule has 0 spiro atoms. The molecule has 0 bridgehead atoms. The first-order valence-electron chi connectivity index (χ1n) is 9.19. The molecule has 0 fully saturated rings. The molecule has 0 aromatic heterocycles. The summed E-state index contributed by atoms with van der Waals surface area (Å²) in [5.74, 6) is 3.32. The van der Waals surface area contributed by atoms with Crippen molar-refractivity contribution in [2.45, 2.75) is 25.5 Å². The van der Waals surface area contributed by atoms with Crippen molar-refractivity contribution in [2.24, 2.45) is 4.99 Å². The highest BCUT2D eigenvalue weighted by molar-refractivity contribution is 5.80. The largest absolute Gasteiger partial charge is 0.497 e. The molecule has 2 aromatic carbocycles. The van der Waals surface area contributed by atoms with E-state index < -0.39 is 0 Å². The standard InChI is InChI=1S/C21H27N3O3/c1-15(27-17-10-8-16(25-3)9-11-17)14-23-21(22-2)24-19-12-13-26-20-7-5-4-6-18(19)20/h4-11,15,19H,12-14H2,1-3H3,(H2,22,23,24). The zero-order chi connectivity index (χ0) is 19.1. The summed E-state index contributed by atoms with van der Waals surface area (Å²) in [6.07, 6.45) is 0.884. The Balaban J connectivity index is 1.52. The Kier molecular flexibility index (Phi) is 6.41. The number of ether oxygens (including phenoxy) is 3. The van der Waals surface area contributed by atoms with Crippen molar-refractivity contribution < 1.29 is 14.2 Å². The summed E-state index contributed by atoms with van der Waals surface area (Å²) >= 11 is 0. The van der Waals surface area contributed by atoms with Crippen molar-refractivity contribution in [2.75, 3.05) is 27.3 Å². The molecule has 6 heteroatoms. The lowest BCUT2D eigenvalue weighted by atomic mass is 10.0. The SMILES string of the molecule is CN=C(NCC(C)Oc1ccc(OC)cc1)NC1CCOc2ccccc21. The molecular weight excluding hydrogens is 342 g/mol. The maximum atomic E-state index is 5.93. The first-order valence-corrected chi connectivity index (χ1v) is 9.19. The van der Waals surface area contributed by atoms with Crippen LogP contribution < -0.4 is 24.8 Å². The van der Waals surface area contributed by atoms with Crippen molar-refractivity contribution in [3.8, 4) is 17.2 Å². The molecule has 0 amide bonds. The van der Waals surface area contributed by atoms with Gasteiger partial charge in [0.1, 0.15) is 23.4 Å². The fourth-order valence-corrected chi connectivity index (χ4v) is 3.02. The van der Waals surface area contributed by atoms with Gasteiger partial charge in [0, 0.05) is 19.0 Å². The van der Waals surface area contributed by atoms with Crippen LogP contribution in [0.2, 0.25) is 0 Å². The molecule has 0 saturated heterocycles. The molecule has 2 atom stereocenters. The van der Waals surface area contributed by atoms with Crippen molar-refractivity contribution in [3.05, 3.63) is 54.1 Å². The van der Waals surface area contributed by atoms with Crippen LogP contribution >= 0.6 is 0 Å². The Bertz CT molecular complexity index is 762. The maximum Gasteiger partial charge on any atom is 0.191 e. The van der Waals surface area contributed by atoms with Gasteiger partial charge in [0.2, 0.25) is 0 Å². The third kappa shape index (κ3) is 5.06. The normalized spacial score (nSPS) is 17.3. The molecule has 6 nitrogen and oxygen atoms in total. The molecule has 0 aliphatic carbocycles. The molecule has 0 radical (unpaired) electrons. The third-order valence-corrected chi connectivity index (χ3v) is 4.45. The highest BCUT2D eigenvalue weighted by Gasteiger charge is 2.21. The quantitative estimate of drug-likeness (QED) is 0.605. The zero-order valence-electron chi connectivity index (χ0n) is 16.1. The topological polar surface area (TPSA) is 64.1 Å². The molecule has 2 N–H and O–H groups in total. The average Bonchev–Trinajstić information content (AvgIpc) is 2.71. The van der Waals surface area contributed by atoms with E-state index in [1.54, 1.807) is 14.2 Å². The van der Waals surface area contributed by atoms with Gasteiger partial charge in [0.05, 0.1) is 26.3 Å². The number of benzene rings is 2. The van der Waals surface area contributed by atoms with Gasteiger partial charge in [0.15, 0.2) is 5.96 Å². The Morgan fingerprint density at radius 2 is 1.93 bits per heavy atom. The summed E-state index contributed by atoms with van der Waals surface area (Å²) in [6, 6.07) is 15.9. The first-order chi connectivity index (χ1) is 13.2. The van der Waals surface area contributed by atoms with E-state index >= 15 is 0 Å². The summed E-state index contributed by atoms with van der Waals surface area (Å²) < 4.78 is 16.8. The summed E-state index contributed by atoms with van der Waals surface area (Å²) in [7, 11) is 3.42. The van der Waals surface area contributed by atoms with Crippen LogP contribution in [0.4, 0.5) is 0 Å². The molecule has 2 unspecified atom stereocenters. The van der Waals surface area contributed by atoms with E-state index in [0.29, 0.717) is 13.2 Å².